The van der Waals surface area contributed by atoms with Gasteiger partial charge in [-0.25, -0.2) is 4.79 Å². The van der Waals surface area contributed by atoms with Crippen molar-refractivity contribution >= 4 is 37.8 Å². The maximum absolute atomic E-state index is 12.0. The Morgan fingerprint density at radius 3 is 2.32 bits per heavy atom. The molecule has 0 spiro atoms. The summed E-state index contributed by atoms with van der Waals surface area (Å²) in [6.45, 7) is 0. The molecule has 98 valence electrons. The molecular weight excluding hydrogens is 376 g/mol. The van der Waals surface area contributed by atoms with Gasteiger partial charge in [-0.3, -0.25) is 0 Å². The summed E-state index contributed by atoms with van der Waals surface area (Å²) in [5.74, 6) is 0.760. The van der Waals surface area contributed by atoms with Gasteiger partial charge in [0.1, 0.15) is 11.5 Å². The number of halogens is 2. The fourth-order valence-electron chi connectivity index (χ4n) is 1.44. The van der Waals surface area contributed by atoms with Crippen molar-refractivity contribution < 1.29 is 14.3 Å². The Balaban J connectivity index is 2.15. The topological polar surface area (TPSA) is 35.5 Å². The summed E-state index contributed by atoms with van der Waals surface area (Å²) < 4.78 is 12.0. The summed E-state index contributed by atoms with van der Waals surface area (Å²) in [5, 5.41) is 0. The smallest absolute Gasteiger partial charge is 0.343 e. The summed E-state index contributed by atoms with van der Waals surface area (Å²) in [5.41, 5.74) is 0.468. The molecule has 2 aromatic carbocycles. The molecule has 0 saturated heterocycles. The van der Waals surface area contributed by atoms with E-state index in [1.807, 2.05) is 6.07 Å². The molecule has 0 aliphatic rings. The summed E-state index contributed by atoms with van der Waals surface area (Å²) in [7, 11) is 1.58. The van der Waals surface area contributed by atoms with E-state index in [0.717, 1.165) is 4.47 Å². The Morgan fingerprint density at radius 1 is 1.05 bits per heavy atom. The molecule has 19 heavy (non-hydrogen) atoms. The fourth-order valence-corrected chi connectivity index (χ4v) is 2.57. The van der Waals surface area contributed by atoms with E-state index in [-0.39, 0.29) is 0 Å². The van der Waals surface area contributed by atoms with Gasteiger partial charge in [0.05, 0.1) is 17.1 Å². The zero-order valence-corrected chi connectivity index (χ0v) is 13.2. The number of rotatable bonds is 3. The molecule has 0 bridgehead atoms. The van der Waals surface area contributed by atoms with Crippen molar-refractivity contribution in [3.05, 3.63) is 57.0 Å². The molecule has 0 fully saturated rings. The van der Waals surface area contributed by atoms with Crippen LogP contribution in [0.1, 0.15) is 10.4 Å². The number of carbonyl (C=O) groups is 1. The van der Waals surface area contributed by atoms with Crippen LogP contribution in [0.15, 0.2) is 51.4 Å². The summed E-state index contributed by atoms with van der Waals surface area (Å²) in [6.07, 6.45) is 0. The van der Waals surface area contributed by atoms with Crippen LogP contribution in [-0.2, 0) is 0 Å². The Hall–Kier alpha value is -1.33. The molecule has 0 saturated carbocycles. The molecule has 0 aliphatic heterocycles. The van der Waals surface area contributed by atoms with Crippen LogP contribution < -0.4 is 9.47 Å². The minimum atomic E-state index is -0.411. The zero-order valence-electron chi connectivity index (χ0n) is 10.0. The second kappa shape index (κ2) is 6.21. The minimum absolute atomic E-state index is 0.411. The highest BCUT2D eigenvalue weighted by atomic mass is 79.9. The van der Waals surface area contributed by atoms with Gasteiger partial charge in [0.2, 0.25) is 0 Å². The van der Waals surface area contributed by atoms with Crippen LogP contribution in [-0.4, -0.2) is 13.1 Å². The van der Waals surface area contributed by atoms with Crippen LogP contribution in [0, 0.1) is 0 Å². The highest BCUT2D eigenvalue weighted by Crippen LogP contribution is 2.28. The highest BCUT2D eigenvalue weighted by Gasteiger charge is 2.11. The Bertz CT molecular complexity index is 594. The molecule has 0 radical (unpaired) electrons. The van der Waals surface area contributed by atoms with E-state index in [1.54, 1.807) is 43.5 Å². The van der Waals surface area contributed by atoms with Gasteiger partial charge >= 0.3 is 5.97 Å². The lowest BCUT2D eigenvalue weighted by atomic mass is 10.2. The van der Waals surface area contributed by atoms with Crippen molar-refractivity contribution in [1.82, 2.24) is 0 Å². The molecule has 0 unspecified atom stereocenters. The van der Waals surface area contributed by atoms with Gasteiger partial charge < -0.3 is 9.47 Å². The zero-order chi connectivity index (χ0) is 13.8. The Kier molecular flexibility index (Phi) is 4.61. The summed E-state index contributed by atoms with van der Waals surface area (Å²) >= 11 is 6.68. The van der Waals surface area contributed by atoms with Crippen LogP contribution in [0.2, 0.25) is 0 Å². The van der Waals surface area contributed by atoms with E-state index >= 15 is 0 Å². The quantitative estimate of drug-likeness (QED) is 0.578. The second-order valence-electron chi connectivity index (χ2n) is 3.69. The molecular formula is C14H10Br2O3. The first-order valence-corrected chi connectivity index (χ1v) is 7.00. The minimum Gasteiger partial charge on any atom is -0.497 e. The number of hydrogen-bond acceptors (Lipinski definition) is 3. The van der Waals surface area contributed by atoms with Gasteiger partial charge in [0, 0.05) is 4.47 Å². The second-order valence-corrected chi connectivity index (χ2v) is 5.46. The Labute approximate surface area is 127 Å². The highest BCUT2D eigenvalue weighted by molar-refractivity contribution is 9.11. The van der Waals surface area contributed by atoms with Crippen molar-refractivity contribution in [3.8, 4) is 11.5 Å². The Morgan fingerprint density at radius 2 is 1.74 bits per heavy atom. The SMILES string of the molecule is COc1ccc(C(=O)Oc2ccc(Br)cc2Br)cc1. The van der Waals surface area contributed by atoms with Crippen LogP contribution in [0.4, 0.5) is 0 Å². The molecule has 3 nitrogen and oxygen atoms in total. The monoisotopic (exact) mass is 384 g/mol. The van der Waals surface area contributed by atoms with E-state index in [4.69, 9.17) is 9.47 Å². The lowest BCUT2D eigenvalue weighted by Crippen LogP contribution is -2.08. The lowest BCUT2D eigenvalue weighted by Gasteiger charge is -2.07. The van der Waals surface area contributed by atoms with Crippen molar-refractivity contribution in [3.63, 3.8) is 0 Å². The molecule has 0 atom stereocenters. The van der Waals surface area contributed by atoms with Gasteiger partial charge in [-0.15, -0.1) is 0 Å². The van der Waals surface area contributed by atoms with Crippen molar-refractivity contribution in [1.29, 1.82) is 0 Å². The van der Waals surface area contributed by atoms with Gasteiger partial charge in [0.15, 0.2) is 0 Å². The number of esters is 1. The summed E-state index contributed by atoms with van der Waals surface area (Å²) in [6, 6.07) is 12.1. The van der Waals surface area contributed by atoms with Crippen molar-refractivity contribution in [2.24, 2.45) is 0 Å². The van der Waals surface area contributed by atoms with Crippen LogP contribution in [0.25, 0.3) is 0 Å². The molecule has 0 N–H and O–H groups in total. The number of ether oxygens (including phenoxy) is 2. The molecule has 0 aliphatic carbocycles. The fraction of sp³-hybridized carbons (Fsp3) is 0.0714. The number of methoxy groups -OCH3 is 1. The van der Waals surface area contributed by atoms with Gasteiger partial charge in [-0.05, 0) is 58.4 Å². The standard InChI is InChI=1S/C14H10Br2O3/c1-18-11-5-2-9(3-6-11)14(17)19-13-7-4-10(15)8-12(13)16/h2-8H,1H3. The van der Waals surface area contributed by atoms with Crippen molar-refractivity contribution in [2.75, 3.05) is 7.11 Å². The largest absolute Gasteiger partial charge is 0.497 e. The molecule has 0 aromatic heterocycles. The normalized spacial score (nSPS) is 10.1. The van der Waals surface area contributed by atoms with E-state index in [0.29, 0.717) is 21.5 Å². The van der Waals surface area contributed by atoms with E-state index in [1.165, 1.54) is 0 Å². The van der Waals surface area contributed by atoms with Gasteiger partial charge in [-0.2, -0.15) is 0 Å². The molecule has 2 aromatic rings. The third-order valence-electron chi connectivity index (χ3n) is 2.42. The maximum atomic E-state index is 12.0. The van der Waals surface area contributed by atoms with E-state index in [9.17, 15) is 4.79 Å². The third-order valence-corrected chi connectivity index (χ3v) is 3.54. The average Bonchev–Trinajstić information content (AvgIpc) is 2.42. The van der Waals surface area contributed by atoms with E-state index in [2.05, 4.69) is 31.9 Å². The van der Waals surface area contributed by atoms with Gasteiger partial charge in [0.25, 0.3) is 0 Å². The third kappa shape index (κ3) is 3.58. The van der Waals surface area contributed by atoms with Crippen molar-refractivity contribution in [2.45, 2.75) is 0 Å². The number of carbonyl (C=O) groups excluding carboxylic acids is 1. The first-order valence-electron chi connectivity index (χ1n) is 5.41. The molecule has 0 amide bonds. The average molecular weight is 386 g/mol. The van der Waals surface area contributed by atoms with Crippen LogP contribution >= 0.6 is 31.9 Å². The lowest BCUT2D eigenvalue weighted by molar-refractivity contribution is 0.0733. The number of hydrogen-bond donors (Lipinski definition) is 0. The van der Waals surface area contributed by atoms with Crippen LogP contribution in [0.5, 0.6) is 11.5 Å². The van der Waals surface area contributed by atoms with Gasteiger partial charge in [-0.1, -0.05) is 15.9 Å². The number of benzene rings is 2. The predicted octanol–water partition coefficient (Wildman–Crippen LogP) is 4.44. The maximum Gasteiger partial charge on any atom is 0.343 e. The molecule has 5 heteroatoms. The summed E-state index contributed by atoms with van der Waals surface area (Å²) in [4.78, 5) is 12.0. The molecule has 0 heterocycles. The first-order chi connectivity index (χ1) is 9.10. The first kappa shape index (κ1) is 14.1. The van der Waals surface area contributed by atoms with Crippen LogP contribution in [0.3, 0.4) is 0 Å². The van der Waals surface area contributed by atoms with E-state index < -0.39 is 5.97 Å². The molecule has 2 rings (SSSR count). The predicted molar refractivity (Wildman–Crippen MR) is 79.8 cm³/mol.